The van der Waals surface area contributed by atoms with Crippen molar-refractivity contribution in [2.24, 2.45) is 0 Å². The summed E-state index contributed by atoms with van der Waals surface area (Å²) in [6, 6.07) is 8.37. The smallest absolute Gasteiger partial charge is 0.139 e. The highest BCUT2D eigenvalue weighted by Gasteiger charge is 2.15. The van der Waals surface area contributed by atoms with Crippen molar-refractivity contribution in [2.45, 2.75) is 39.5 Å². The lowest BCUT2D eigenvalue weighted by Crippen LogP contribution is -2.08. The molecule has 0 spiro atoms. The van der Waals surface area contributed by atoms with Crippen LogP contribution in [-0.4, -0.2) is 17.0 Å². The minimum atomic E-state index is 0.336. The molecule has 0 fully saturated rings. The van der Waals surface area contributed by atoms with Crippen molar-refractivity contribution in [2.75, 3.05) is 17.7 Å². The molecular weight excluding hydrogens is 260 g/mol. The Bertz CT molecular complexity index is 605. The zero-order valence-corrected chi connectivity index (χ0v) is 13.4. The molecule has 0 radical (unpaired) electrons. The molecule has 4 nitrogen and oxygen atoms in total. The Balaban J connectivity index is 2.45. The lowest BCUT2D eigenvalue weighted by atomic mass is 10.0. The van der Waals surface area contributed by atoms with Crippen molar-refractivity contribution in [3.05, 3.63) is 41.7 Å². The minimum absolute atomic E-state index is 0.336. The fraction of sp³-hybridized carbons (Fsp3) is 0.412. The summed E-state index contributed by atoms with van der Waals surface area (Å²) in [6.07, 6.45) is 1.60. The normalized spacial score (nSPS) is 11.0. The van der Waals surface area contributed by atoms with Gasteiger partial charge in [-0.3, -0.25) is 0 Å². The molecular formula is C17H24N4. The van der Waals surface area contributed by atoms with E-state index in [1.807, 2.05) is 13.1 Å². The monoisotopic (exact) mass is 284 g/mol. The topological polar surface area (TPSA) is 49.8 Å². The maximum atomic E-state index is 4.44. The minimum Gasteiger partial charge on any atom is -0.373 e. The van der Waals surface area contributed by atoms with Gasteiger partial charge in [0.05, 0.1) is 0 Å². The first-order chi connectivity index (χ1) is 10.0. The van der Waals surface area contributed by atoms with Gasteiger partial charge in [-0.05, 0) is 23.5 Å². The van der Waals surface area contributed by atoms with E-state index in [1.54, 1.807) is 6.33 Å². The summed E-state index contributed by atoms with van der Waals surface area (Å²) >= 11 is 0. The maximum Gasteiger partial charge on any atom is 0.139 e. The van der Waals surface area contributed by atoms with Gasteiger partial charge in [-0.2, -0.15) is 0 Å². The predicted octanol–water partition coefficient (Wildman–Crippen LogP) is 4.51. The maximum absolute atomic E-state index is 4.44. The standard InChI is InChI=1S/C17H24N4/c1-11(2)13-8-6-7-9-14(13)21-17-15(12(3)4)16(18-5)19-10-20-17/h6-12H,1-5H3,(H2,18,19,20,21). The third kappa shape index (κ3) is 3.32. The molecule has 2 N–H and O–H groups in total. The number of nitrogens with zero attached hydrogens (tertiary/aromatic N) is 2. The average molecular weight is 284 g/mol. The Morgan fingerprint density at radius 2 is 1.57 bits per heavy atom. The van der Waals surface area contributed by atoms with Crippen LogP contribution in [0, 0.1) is 0 Å². The van der Waals surface area contributed by atoms with E-state index in [0.717, 1.165) is 22.9 Å². The van der Waals surface area contributed by atoms with E-state index in [4.69, 9.17) is 0 Å². The first kappa shape index (κ1) is 15.3. The van der Waals surface area contributed by atoms with Crippen LogP contribution in [0.3, 0.4) is 0 Å². The van der Waals surface area contributed by atoms with E-state index in [9.17, 15) is 0 Å². The second-order valence-corrected chi connectivity index (χ2v) is 5.76. The molecule has 1 aromatic carbocycles. The van der Waals surface area contributed by atoms with Gasteiger partial charge in [0, 0.05) is 18.3 Å². The van der Waals surface area contributed by atoms with E-state index >= 15 is 0 Å². The average Bonchev–Trinajstić information content (AvgIpc) is 2.47. The Morgan fingerprint density at radius 1 is 0.905 bits per heavy atom. The molecule has 4 heteroatoms. The number of benzene rings is 1. The van der Waals surface area contributed by atoms with Crippen LogP contribution in [0.2, 0.25) is 0 Å². The second kappa shape index (κ2) is 6.57. The van der Waals surface area contributed by atoms with Crippen molar-refractivity contribution in [3.8, 4) is 0 Å². The van der Waals surface area contributed by atoms with E-state index < -0.39 is 0 Å². The fourth-order valence-corrected chi connectivity index (χ4v) is 2.48. The molecule has 0 amide bonds. The molecule has 0 saturated carbocycles. The van der Waals surface area contributed by atoms with Gasteiger partial charge in [0.15, 0.2) is 0 Å². The molecule has 0 unspecified atom stereocenters. The highest BCUT2D eigenvalue weighted by atomic mass is 15.1. The van der Waals surface area contributed by atoms with Gasteiger partial charge in [0.1, 0.15) is 18.0 Å². The third-order valence-corrected chi connectivity index (χ3v) is 3.53. The number of aromatic nitrogens is 2. The van der Waals surface area contributed by atoms with Gasteiger partial charge in [-0.1, -0.05) is 45.9 Å². The number of hydrogen-bond acceptors (Lipinski definition) is 4. The van der Waals surface area contributed by atoms with Gasteiger partial charge >= 0.3 is 0 Å². The number of hydrogen-bond donors (Lipinski definition) is 2. The summed E-state index contributed by atoms with van der Waals surface area (Å²) in [7, 11) is 1.89. The molecule has 21 heavy (non-hydrogen) atoms. The lowest BCUT2D eigenvalue weighted by Gasteiger charge is -2.19. The largest absolute Gasteiger partial charge is 0.373 e. The van der Waals surface area contributed by atoms with E-state index in [2.05, 4.69) is 66.5 Å². The van der Waals surface area contributed by atoms with Crippen LogP contribution in [0.25, 0.3) is 0 Å². The van der Waals surface area contributed by atoms with Gasteiger partial charge in [-0.15, -0.1) is 0 Å². The van der Waals surface area contributed by atoms with Crippen molar-refractivity contribution >= 4 is 17.3 Å². The molecule has 2 aromatic rings. The van der Waals surface area contributed by atoms with E-state index in [1.165, 1.54) is 5.56 Å². The van der Waals surface area contributed by atoms with Crippen molar-refractivity contribution < 1.29 is 0 Å². The molecule has 0 atom stereocenters. The molecule has 0 aliphatic rings. The molecule has 0 aliphatic carbocycles. The zero-order valence-electron chi connectivity index (χ0n) is 13.4. The molecule has 1 aromatic heterocycles. The van der Waals surface area contributed by atoms with Crippen LogP contribution < -0.4 is 10.6 Å². The van der Waals surface area contributed by atoms with Crippen LogP contribution in [0.15, 0.2) is 30.6 Å². The van der Waals surface area contributed by atoms with Gasteiger partial charge in [-0.25, -0.2) is 9.97 Å². The van der Waals surface area contributed by atoms with Gasteiger partial charge < -0.3 is 10.6 Å². The Hall–Kier alpha value is -2.10. The van der Waals surface area contributed by atoms with Crippen LogP contribution in [0.4, 0.5) is 17.3 Å². The highest BCUT2D eigenvalue weighted by Crippen LogP contribution is 2.32. The van der Waals surface area contributed by atoms with E-state index in [0.29, 0.717) is 11.8 Å². The summed E-state index contributed by atoms with van der Waals surface area (Å²) in [5.41, 5.74) is 3.51. The molecule has 112 valence electrons. The number of nitrogens with one attached hydrogen (secondary N) is 2. The summed E-state index contributed by atoms with van der Waals surface area (Å²) in [5, 5.41) is 6.64. The Kier molecular flexibility index (Phi) is 4.78. The molecule has 0 aliphatic heterocycles. The molecule has 0 bridgehead atoms. The summed E-state index contributed by atoms with van der Waals surface area (Å²) in [4.78, 5) is 8.76. The summed E-state index contributed by atoms with van der Waals surface area (Å²) in [5.74, 6) is 2.55. The first-order valence-electron chi connectivity index (χ1n) is 7.43. The van der Waals surface area contributed by atoms with Crippen molar-refractivity contribution in [1.82, 2.24) is 9.97 Å². The number of rotatable bonds is 5. The van der Waals surface area contributed by atoms with Gasteiger partial charge in [0.2, 0.25) is 0 Å². The lowest BCUT2D eigenvalue weighted by molar-refractivity contribution is 0.849. The second-order valence-electron chi connectivity index (χ2n) is 5.76. The summed E-state index contributed by atoms with van der Waals surface area (Å²) in [6.45, 7) is 8.70. The van der Waals surface area contributed by atoms with E-state index in [-0.39, 0.29) is 0 Å². The van der Waals surface area contributed by atoms with Crippen LogP contribution in [0.1, 0.15) is 50.7 Å². The highest BCUT2D eigenvalue weighted by molar-refractivity contribution is 5.68. The van der Waals surface area contributed by atoms with Crippen LogP contribution >= 0.6 is 0 Å². The quantitative estimate of drug-likeness (QED) is 0.848. The predicted molar refractivity (Wildman–Crippen MR) is 89.5 cm³/mol. The SMILES string of the molecule is CNc1ncnc(Nc2ccccc2C(C)C)c1C(C)C. The Morgan fingerprint density at radius 3 is 2.19 bits per heavy atom. The number of para-hydroxylation sites is 1. The summed E-state index contributed by atoms with van der Waals surface area (Å²) < 4.78 is 0. The number of anilines is 3. The third-order valence-electron chi connectivity index (χ3n) is 3.53. The fourth-order valence-electron chi connectivity index (χ4n) is 2.48. The van der Waals surface area contributed by atoms with Crippen LogP contribution in [0.5, 0.6) is 0 Å². The van der Waals surface area contributed by atoms with Crippen molar-refractivity contribution in [1.29, 1.82) is 0 Å². The first-order valence-corrected chi connectivity index (χ1v) is 7.43. The zero-order chi connectivity index (χ0) is 15.4. The molecule has 1 heterocycles. The molecule has 0 saturated heterocycles. The Labute approximate surface area is 127 Å². The van der Waals surface area contributed by atoms with Gasteiger partial charge in [0.25, 0.3) is 0 Å². The molecule has 2 rings (SSSR count). The van der Waals surface area contributed by atoms with Crippen molar-refractivity contribution in [3.63, 3.8) is 0 Å². The van der Waals surface area contributed by atoms with Crippen LogP contribution in [-0.2, 0) is 0 Å².